The molecule has 0 aliphatic rings. The Hall–Kier alpha value is -1.36. The minimum atomic E-state index is -0.381. The maximum atomic E-state index is 11.0. The number of aromatic nitrogens is 1. The van der Waals surface area contributed by atoms with Gasteiger partial charge in [0.25, 0.3) is 5.91 Å². The van der Waals surface area contributed by atoms with Crippen molar-refractivity contribution in [2.75, 3.05) is 0 Å². The third kappa shape index (κ3) is 1.39. The van der Waals surface area contributed by atoms with E-state index >= 15 is 0 Å². The normalized spacial score (nSPS) is 10.4. The van der Waals surface area contributed by atoms with Crippen LogP contribution in [-0.4, -0.2) is 18.2 Å². The standard InChI is InChI=1S/C9H8BN2OS/c1-10-6-3-12-4-8-5(6)2-7(14-8)9(11)13/h2-4H,1H3,(H2,11,13). The second-order valence-electron chi connectivity index (χ2n) is 2.90. The highest BCUT2D eigenvalue weighted by atomic mass is 32.1. The fourth-order valence-corrected chi connectivity index (χ4v) is 2.25. The first-order chi connectivity index (χ1) is 6.72. The molecular formula is C9H8BN2OS. The number of hydrogen-bond donors (Lipinski definition) is 1. The molecule has 2 aromatic heterocycles. The van der Waals surface area contributed by atoms with Gasteiger partial charge in [-0.05, 0) is 11.5 Å². The molecule has 14 heavy (non-hydrogen) atoms. The van der Waals surface area contributed by atoms with Gasteiger partial charge in [0.05, 0.1) is 9.58 Å². The second-order valence-corrected chi connectivity index (χ2v) is 3.99. The van der Waals surface area contributed by atoms with Gasteiger partial charge in [-0.2, -0.15) is 0 Å². The number of amides is 1. The number of nitrogens with zero attached hydrogens (tertiary/aromatic N) is 1. The third-order valence-corrected chi connectivity index (χ3v) is 3.12. The number of carbonyl (C=O) groups is 1. The van der Waals surface area contributed by atoms with E-state index in [2.05, 4.69) is 4.98 Å². The molecular weight excluding hydrogens is 195 g/mol. The molecule has 1 amide bonds. The fraction of sp³-hybridized carbons (Fsp3) is 0.111. The number of carbonyl (C=O) groups excluding carboxylic acids is 1. The van der Waals surface area contributed by atoms with E-state index in [0.717, 1.165) is 15.5 Å². The van der Waals surface area contributed by atoms with Gasteiger partial charge in [-0.1, -0.05) is 12.3 Å². The van der Waals surface area contributed by atoms with Crippen molar-refractivity contribution in [1.29, 1.82) is 0 Å². The van der Waals surface area contributed by atoms with Crippen molar-refractivity contribution in [2.24, 2.45) is 5.73 Å². The summed E-state index contributed by atoms with van der Waals surface area (Å²) in [4.78, 5) is 15.6. The van der Waals surface area contributed by atoms with E-state index in [4.69, 9.17) is 5.73 Å². The van der Waals surface area contributed by atoms with Crippen molar-refractivity contribution in [3.63, 3.8) is 0 Å². The molecule has 2 N–H and O–H groups in total. The van der Waals surface area contributed by atoms with Gasteiger partial charge in [0.1, 0.15) is 0 Å². The van der Waals surface area contributed by atoms with Gasteiger partial charge in [-0.3, -0.25) is 9.78 Å². The smallest absolute Gasteiger partial charge is 0.258 e. The fourth-order valence-electron chi connectivity index (χ4n) is 1.33. The molecule has 2 rings (SSSR count). The number of thiophene rings is 1. The minimum absolute atomic E-state index is 0.381. The number of pyridine rings is 1. The summed E-state index contributed by atoms with van der Waals surface area (Å²) >= 11 is 1.38. The largest absolute Gasteiger partial charge is 0.365 e. The van der Waals surface area contributed by atoms with Crippen LogP contribution in [0.25, 0.3) is 10.1 Å². The number of fused-ring (bicyclic) bond motifs is 1. The zero-order valence-electron chi connectivity index (χ0n) is 7.65. The summed E-state index contributed by atoms with van der Waals surface area (Å²) in [7, 11) is 1.97. The van der Waals surface area contributed by atoms with Crippen LogP contribution in [0.4, 0.5) is 0 Å². The van der Waals surface area contributed by atoms with Crippen LogP contribution in [0.2, 0.25) is 6.82 Å². The Kier molecular flexibility index (Phi) is 2.25. The van der Waals surface area contributed by atoms with Crippen LogP contribution in [0.5, 0.6) is 0 Å². The highest BCUT2D eigenvalue weighted by molar-refractivity contribution is 7.21. The average molecular weight is 203 g/mol. The molecule has 0 aliphatic carbocycles. The summed E-state index contributed by atoms with van der Waals surface area (Å²) in [5.41, 5.74) is 6.24. The molecule has 0 spiro atoms. The summed E-state index contributed by atoms with van der Waals surface area (Å²) < 4.78 is 0.995. The Balaban J connectivity index is 2.70. The van der Waals surface area contributed by atoms with Crippen molar-refractivity contribution in [3.8, 4) is 0 Å². The number of nitrogens with two attached hydrogens (primary N) is 1. The van der Waals surface area contributed by atoms with Gasteiger partial charge in [0, 0.05) is 12.4 Å². The van der Waals surface area contributed by atoms with Crippen molar-refractivity contribution >= 4 is 40.1 Å². The molecule has 5 heteroatoms. The van der Waals surface area contributed by atoms with E-state index in [1.165, 1.54) is 11.3 Å². The summed E-state index contributed by atoms with van der Waals surface area (Å²) in [6, 6.07) is 1.82. The first-order valence-corrected chi connectivity index (χ1v) is 5.00. The summed E-state index contributed by atoms with van der Waals surface area (Å²) in [6.07, 6.45) is 3.53. The molecule has 0 saturated carbocycles. The van der Waals surface area contributed by atoms with Crippen LogP contribution in [0.3, 0.4) is 0 Å². The first kappa shape index (κ1) is 9.21. The van der Waals surface area contributed by atoms with Crippen LogP contribution >= 0.6 is 11.3 Å². The van der Waals surface area contributed by atoms with Crippen molar-refractivity contribution in [3.05, 3.63) is 23.3 Å². The highest BCUT2D eigenvalue weighted by Crippen LogP contribution is 2.22. The van der Waals surface area contributed by atoms with Crippen LogP contribution in [0.1, 0.15) is 9.67 Å². The lowest BCUT2D eigenvalue weighted by atomic mass is 9.73. The van der Waals surface area contributed by atoms with Crippen LogP contribution < -0.4 is 11.2 Å². The van der Waals surface area contributed by atoms with E-state index in [-0.39, 0.29) is 5.91 Å². The van der Waals surface area contributed by atoms with Crippen molar-refractivity contribution in [1.82, 2.24) is 4.98 Å². The first-order valence-electron chi connectivity index (χ1n) is 4.19. The molecule has 2 heterocycles. The molecule has 1 radical (unpaired) electrons. The lowest BCUT2D eigenvalue weighted by Crippen LogP contribution is -2.11. The Morgan fingerprint density at radius 1 is 1.57 bits per heavy atom. The maximum Gasteiger partial charge on any atom is 0.258 e. The summed E-state index contributed by atoms with van der Waals surface area (Å²) in [6.45, 7) is 1.94. The lowest BCUT2D eigenvalue weighted by molar-refractivity contribution is 0.100. The monoisotopic (exact) mass is 203 g/mol. The second kappa shape index (κ2) is 3.42. The molecule has 0 bridgehead atoms. The Morgan fingerprint density at radius 2 is 2.36 bits per heavy atom. The third-order valence-electron chi connectivity index (χ3n) is 2.03. The SMILES string of the molecule is C[B]c1cncc2sc(C(N)=O)cc12. The minimum Gasteiger partial charge on any atom is -0.365 e. The van der Waals surface area contributed by atoms with Crippen molar-refractivity contribution < 1.29 is 4.79 Å². The van der Waals surface area contributed by atoms with Gasteiger partial charge in [0.2, 0.25) is 0 Å². The Bertz CT molecular complexity index is 495. The zero-order valence-corrected chi connectivity index (χ0v) is 8.47. The van der Waals surface area contributed by atoms with E-state index in [9.17, 15) is 4.79 Å². The van der Waals surface area contributed by atoms with E-state index < -0.39 is 0 Å². The summed E-state index contributed by atoms with van der Waals surface area (Å²) in [5, 5.41) is 1.04. The van der Waals surface area contributed by atoms with E-state index in [1.54, 1.807) is 12.4 Å². The topological polar surface area (TPSA) is 56.0 Å². The highest BCUT2D eigenvalue weighted by Gasteiger charge is 2.08. The number of primary amides is 1. The molecule has 0 unspecified atom stereocenters. The van der Waals surface area contributed by atoms with Gasteiger partial charge >= 0.3 is 0 Å². The van der Waals surface area contributed by atoms with Gasteiger partial charge in [-0.15, -0.1) is 11.3 Å². The van der Waals surface area contributed by atoms with Crippen LogP contribution in [-0.2, 0) is 0 Å². The molecule has 2 aromatic rings. The average Bonchev–Trinajstić information content (AvgIpc) is 2.60. The van der Waals surface area contributed by atoms with Gasteiger partial charge in [-0.25, -0.2) is 0 Å². The predicted molar refractivity (Wildman–Crippen MR) is 59.4 cm³/mol. The molecule has 0 atom stereocenters. The zero-order chi connectivity index (χ0) is 10.1. The molecule has 3 nitrogen and oxygen atoms in total. The van der Waals surface area contributed by atoms with E-state index in [1.807, 2.05) is 20.2 Å². The Labute approximate surface area is 86.2 Å². The molecule has 69 valence electrons. The number of hydrogen-bond acceptors (Lipinski definition) is 3. The molecule has 0 aromatic carbocycles. The number of rotatable bonds is 2. The Morgan fingerprint density at radius 3 is 3.00 bits per heavy atom. The molecule has 0 saturated heterocycles. The molecule has 0 aliphatic heterocycles. The summed E-state index contributed by atoms with van der Waals surface area (Å²) in [5.74, 6) is -0.381. The van der Waals surface area contributed by atoms with Crippen LogP contribution in [0.15, 0.2) is 18.5 Å². The van der Waals surface area contributed by atoms with Crippen LogP contribution in [0, 0.1) is 0 Å². The quantitative estimate of drug-likeness (QED) is 0.733. The molecule has 0 fully saturated rings. The van der Waals surface area contributed by atoms with Gasteiger partial charge < -0.3 is 5.73 Å². The maximum absolute atomic E-state index is 11.0. The van der Waals surface area contributed by atoms with Crippen molar-refractivity contribution in [2.45, 2.75) is 6.82 Å². The lowest BCUT2D eigenvalue weighted by Gasteiger charge is -1.95. The predicted octanol–water partition coefficient (Wildman–Crippen LogP) is 0.773. The van der Waals surface area contributed by atoms with E-state index in [0.29, 0.717) is 4.88 Å². The van der Waals surface area contributed by atoms with Gasteiger partial charge in [0.15, 0.2) is 7.28 Å².